The second-order valence-corrected chi connectivity index (χ2v) is 6.39. The lowest BCUT2D eigenvalue weighted by Gasteiger charge is -2.31. The second-order valence-electron chi connectivity index (χ2n) is 6.39. The molecule has 0 unspecified atom stereocenters. The predicted molar refractivity (Wildman–Crippen MR) is 88.3 cm³/mol. The van der Waals surface area contributed by atoms with Gasteiger partial charge in [-0.2, -0.15) is 10.2 Å². The van der Waals surface area contributed by atoms with Gasteiger partial charge in [0.05, 0.1) is 17.9 Å². The molecule has 1 saturated heterocycles. The van der Waals surface area contributed by atoms with E-state index in [1.54, 1.807) is 4.68 Å². The van der Waals surface area contributed by atoms with Crippen molar-refractivity contribution in [3.63, 3.8) is 0 Å². The normalized spacial score (nSPS) is 19.0. The Hall–Kier alpha value is -2.15. The van der Waals surface area contributed by atoms with E-state index in [1.165, 1.54) is 0 Å². The van der Waals surface area contributed by atoms with Crippen LogP contribution in [0.4, 0.5) is 5.82 Å². The molecule has 0 aliphatic carbocycles. The fraction of sp³-hybridized carbons (Fsp3) is 0.562. The average Bonchev–Trinajstić information content (AvgIpc) is 3.05. The number of aryl methyl sites for hydroxylation is 3. The first kappa shape index (κ1) is 15.7. The van der Waals surface area contributed by atoms with Crippen LogP contribution in [0.15, 0.2) is 12.1 Å². The van der Waals surface area contributed by atoms with Crippen LogP contribution in [0.25, 0.3) is 0 Å². The Labute approximate surface area is 136 Å². The van der Waals surface area contributed by atoms with E-state index in [0.29, 0.717) is 12.5 Å². The number of amides is 1. The predicted octanol–water partition coefficient (Wildman–Crippen LogP) is 1.58. The summed E-state index contributed by atoms with van der Waals surface area (Å²) in [4.78, 5) is 14.5. The van der Waals surface area contributed by atoms with E-state index in [-0.39, 0.29) is 5.91 Å². The first-order valence-corrected chi connectivity index (χ1v) is 8.06. The molecule has 2 aromatic heterocycles. The molecule has 7 nitrogen and oxygen atoms in total. The van der Waals surface area contributed by atoms with E-state index >= 15 is 0 Å². The van der Waals surface area contributed by atoms with E-state index in [0.717, 1.165) is 48.8 Å². The molecule has 1 fully saturated rings. The highest BCUT2D eigenvalue weighted by Crippen LogP contribution is 2.25. The molecule has 0 bridgehead atoms. The SMILES string of the molecule is Cc1cc(NC(=O)CN2CCC[C@@H](c3cc(C)[nH]n3)C2)n(C)n1. The van der Waals surface area contributed by atoms with Crippen molar-refractivity contribution in [2.75, 3.05) is 25.0 Å². The number of aromatic amines is 1. The largest absolute Gasteiger partial charge is 0.310 e. The number of hydrogen-bond donors (Lipinski definition) is 2. The molecule has 3 rings (SSSR count). The molecular weight excluding hydrogens is 292 g/mol. The van der Waals surface area contributed by atoms with Gasteiger partial charge in [0.15, 0.2) is 0 Å². The number of rotatable bonds is 4. The molecule has 1 amide bonds. The number of piperidine rings is 1. The van der Waals surface area contributed by atoms with Gasteiger partial charge in [-0.25, -0.2) is 0 Å². The van der Waals surface area contributed by atoms with Crippen molar-refractivity contribution in [2.24, 2.45) is 7.05 Å². The lowest BCUT2D eigenvalue weighted by molar-refractivity contribution is -0.117. The molecule has 1 aliphatic rings. The monoisotopic (exact) mass is 316 g/mol. The second kappa shape index (κ2) is 6.54. The summed E-state index contributed by atoms with van der Waals surface area (Å²) in [6.07, 6.45) is 2.22. The van der Waals surface area contributed by atoms with E-state index in [9.17, 15) is 4.79 Å². The molecule has 0 saturated carbocycles. The molecule has 23 heavy (non-hydrogen) atoms. The van der Waals surface area contributed by atoms with Crippen LogP contribution in [0.1, 0.15) is 35.8 Å². The maximum atomic E-state index is 12.3. The zero-order chi connectivity index (χ0) is 16.4. The molecule has 2 N–H and O–H groups in total. The Morgan fingerprint density at radius 2 is 2.26 bits per heavy atom. The number of nitrogens with one attached hydrogen (secondary N) is 2. The van der Waals surface area contributed by atoms with Crippen molar-refractivity contribution in [3.8, 4) is 0 Å². The van der Waals surface area contributed by atoms with Crippen LogP contribution in [-0.4, -0.2) is 50.4 Å². The molecular formula is C16H24N6O. The van der Waals surface area contributed by atoms with Gasteiger partial charge >= 0.3 is 0 Å². The Morgan fingerprint density at radius 1 is 1.43 bits per heavy atom. The fourth-order valence-electron chi connectivity index (χ4n) is 3.20. The summed E-state index contributed by atoms with van der Waals surface area (Å²) in [5.74, 6) is 1.15. The van der Waals surface area contributed by atoms with Crippen LogP contribution in [-0.2, 0) is 11.8 Å². The summed E-state index contributed by atoms with van der Waals surface area (Å²) in [7, 11) is 1.83. The number of anilines is 1. The van der Waals surface area contributed by atoms with E-state index in [1.807, 2.05) is 27.0 Å². The number of carbonyl (C=O) groups is 1. The van der Waals surface area contributed by atoms with Crippen molar-refractivity contribution in [2.45, 2.75) is 32.6 Å². The van der Waals surface area contributed by atoms with Gasteiger partial charge in [0, 0.05) is 31.3 Å². The third kappa shape index (κ3) is 3.79. The Kier molecular flexibility index (Phi) is 4.47. The minimum atomic E-state index is 0.00635. The summed E-state index contributed by atoms with van der Waals surface area (Å²) in [6.45, 7) is 6.17. The van der Waals surface area contributed by atoms with Crippen molar-refractivity contribution in [3.05, 3.63) is 29.2 Å². The van der Waals surface area contributed by atoms with Gasteiger partial charge < -0.3 is 5.32 Å². The number of hydrogen-bond acceptors (Lipinski definition) is 4. The number of nitrogens with zero attached hydrogens (tertiary/aromatic N) is 4. The Morgan fingerprint density at radius 3 is 2.91 bits per heavy atom. The average molecular weight is 316 g/mol. The van der Waals surface area contributed by atoms with E-state index < -0.39 is 0 Å². The summed E-state index contributed by atoms with van der Waals surface area (Å²) in [5.41, 5.74) is 3.09. The van der Waals surface area contributed by atoms with Gasteiger partial charge in [-0.05, 0) is 39.3 Å². The summed E-state index contributed by atoms with van der Waals surface area (Å²) >= 11 is 0. The Bertz CT molecular complexity index is 689. The molecule has 1 atom stereocenters. The zero-order valence-electron chi connectivity index (χ0n) is 14.0. The van der Waals surface area contributed by atoms with Gasteiger partial charge in [-0.1, -0.05) is 0 Å². The fourth-order valence-corrected chi connectivity index (χ4v) is 3.20. The summed E-state index contributed by atoms with van der Waals surface area (Å²) in [5, 5.41) is 14.6. The van der Waals surface area contributed by atoms with Gasteiger partial charge in [0.2, 0.25) is 5.91 Å². The molecule has 2 aromatic rings. The molecule has 1 aliphatic heterocycles. The van der Waals surface area contributed by atoms with Gasteiger partial charge in [0.25, 0.3) is 0 Å². The van der Waals surface area contributed by atoms with Crippen LogP contribution in [0.2, 0.25) is 0 Å². The third-order valence-corrected chi connectivity index (χ3v) is 4.29. The van der Waals surface area contributed by atoms with Crippen LogP contribution >= 0.6 is 0 Å². The van der Waals surface area contributed by atoms with Gasteiger partial charge in [0.1, 0.15) is 5.82 Å². The first-order valence-electron chi connectivity index (χ1n) is 8.06. The van der Waals surface area contributed by atoms with E-state index in [4.69, 9.17) is 0 Å². The molecule has 7 heteroatoms. The first-order chi connectivity index (χ1) is 11.0. The van der Waals surface area contributed by atoms with Crippen molar-refractivity contribution in [1.29, 1.82) is 0 Å². The van der Waals surface area contributed by atoms with Crippen molar-refractivity contribution < 1.29 is 4.79 Å². The van der Waals surface area contributed by atoms with Crippen LogP contribution < -0.4 is 5.32 Å². The minimum Gasteiger partial charge on any atom is -0.310 e. The zero-order valence-corrected chi connectivity index (χ0v) is 14.0. The van der Waals surface area contributed by atoms with Crippen LogP contribution in [0.5, 0.6) is 0 Å². The van der Waals surface area contributed by atoms with E-state index in [2.05, 4.69) is 31.6 Å². The van der Waals surface area contributed by atoms with Crippen molar-refractivity contribution >= 4 is 11.7 Å². The number of likely N-dealkylation sites (tertiary alicyclic amines) is 1. The van der Waals surface area contributed by atoms with Gasteiger partial charge in [-0.3, -0.25) is 19.5 Å². The molecule has 124 valence electrons. The highest BCUT2D eigenvalue weighted by atomic mass is 16.2. The van der Waals surface area contributed by atoms with Gasteiger partial charge in [-0.15, -0.1) is 0 Å². The quantitative estimate of drug-likeness (QED) is 0.897. The summed E-state index contributed by atoms with van der Waals surface area (Å²) in [6, 6.07) is 3.98. The maximum absolute atomic E-state index is 12.3. The number of carbonyl (C=O) groups excluding carboxylic acids is 1. The lowest BCUT2D eigenvalue weighted by atomic mass is 9.94. The highest BCUT2D eigenvalue weighted by Gasteiger charge is 2.24. The number of H-pyrrole nitrogens is 1. The van der Waals surface area contributed by atoms with Crippen LogP contribution in [0, 0.1) is 13.8 Å². The standard InChI is InChI=1S/C16H24N6O/c1-11-7-14(19-18-11)13-5-4-6-22(9-13)10-16(23)17-15-8-12(2)20-21(15)3/h7-8,13H,4-6,9-10H2,1-3H3,(H,17,23)(H,18,19)/t13-/m1/s1. The third-order valence-electron chi connectivity index (χ3n) is 4.29. The maximum Gasteiger partial charge on any atom is 0.239 e. The van der Waals surface area contributed by atoms with Crippen LogP contribution in [0.3, 0.4) is 0 Å². The topological polar surface area (TPSA) is 78.8 Å². The molecule has 0 aromatic carbocycles. The minimum absolute atomic E-state index is 0.00635. The number of aromatic nitrogens is 4. The molecule has 3 heterocycles. The molecule has 0 radical (unpaired) electrons. The summed E-state index contributed by atoms with van der Waals surface area (Å²) < 4.78 is 1.69. The molecule has 0 spiro atoms. The van der Waals surface area contributed by atoms with Crippen molar-refractivity contribution in [1.82, 2.24) is 24.9 Å². The lowest BCUT2D eigenvalue weighted by Crippen LogP contribution is -2.40. The Balaban J connectivity index is 1.57. The highest BCUT2D eigenvalue weighted by molar-refractivity contribution is 5.91. The smallest absolute Gasteiger partial charge is 0.239 e.